The molecule has 0 spiro atoms. The quantitative estimate of drug-likeness (QED) is 0.543. The molecule has 2 aliphatic rings. The van der Waals surface area contributed by atoms with Gasteiger partial charge in [-0.1, -0.05) is 6.07 Å². The van der Waals surface area contributed by atoms with Gasteiger partial charge in [-0.25, -0.2) is 9.98 Å². The fourth-order valence-corrected chi connectivity index (χ4v) is 4.92. The highest BCUT2D eigenvalue weighted by Crippen LogP contribution is 2.40. The molecule has 1 aromatic heterocycles. The van der Waals surface area contributed by atoms with Gasteiger partial charge >= 0.3 is 0 Å². The van der Waals surface area contributed by atoms with Gasteiger partial charge in [0, 0.05) is 41.9 Å². The first-order valence-electron chi connectivity index (χ1n) is 10.8. The van der Waals surface area contributed by atoms with Crippen LogP contribution in [0.3, 0.4) is 0 Å². The molecular weight excluding hydrogens is 424 g/mol. The third kappa shape index (κ3) is 4.40. The van der Waals surface area contributed by atoms with Crippen molar-refractivity contribution in [2.75, 3.05) is 19.7 Å². The number of fused-ring (bicyclic) bond motifs is 3. The number of nitrogens with two attached hydrogens (primary N) is 2. The molecule has 8 nitrogen and oxygen atoms in total. The zero-order chi connectivity index (χ0) is 23.0. The Labute approximate surface area is 192 Å². The van der Waals surface area contributed by atoms with Crippen molar-refractivity contribution in [3.8, 4) is 17.0 Å². The van der Waals surface area contributed by atoms with Crippen LogP contribution in [0.1, 0.15) is 49.1 Å². The van der Waals surface area contributed by atoms with Gasteiger partial charge in [-0.3, -0.25) is 9.79 Å². The molecule has 0 atom stereocenters. The monoisotopic (exact) mass is 454 g/mol. The first-order valence-corrected chi connectivity index (χ1v) is 11.7. The molecule has 1 amide bonds. The molecule has 2 aliphatic heterocycles. The molecule has 0 unspecified atom stereocenters. The highest BCUT2D eigenvalue weighted by Gasteiger charge is 2.37. The van der Waals surface area contributed by atoms with E-state index in [2.05, 4.69) is 28.2 Å². The fourth-order valence-electron chi connectivity index (χ4n) is 3.91. The van der Waals surface area contributed by atoms with Crippen molar-refractivity contribution in [1.29, 1.82) is 0 Å². The average Bonchev–Trinajstić information content (AvgIpc) is 3.02. The van der Waals surface area contributed by atoms with Crippen molar-refractivity contribution in [2.45, 2.75) is 51.6 Å². The smallest absolute Gasteiger partial charge is 0.242 e. The SMILES string of the molecule is CC(C)N=C(N=CN)c1nc2c(s1)CCOc1cc(C3CN(C(=O)C(C)(C)N)C3)ccc1-2. The number of aliphatic imine (C=N–C) groups is 2. The topological polar surface area (TPSA) is 119 Å². The molecule has 1 fully saturated rings. The largest absolute Gasteiger partial charge is 0.492 e. The average molecular weight is 455 g/mol. The van der Waals surface area contributed by atoms with Crippen LogP contribution >= 0.6 is 11.3 Å². The molecular formula is C23H30N6O2S. The van der Waals surface area contributed by atoms with Crippen molar-refractivity contribution in [2.24, 2.45) is 21.5 Å². The maximum Gasteiger partial charge on any atom is 0.242 e. The number of hydrogen-bond acceptors (Lipinski definition) is 6. The molecule has 1 aromatic carbocycles. The van der Waals surface area contributed by atoms with Crippen LogP contribution in [0.15, 0.2) is 28.2 Å². The zero-order valence-electron chi connectivity index (χ0n) is 19.0. The highest BCUT2D eigenvalue weighted by atomic mass is 32.1. The summed E-state index contributed by atoms with van der Waals surface area (Å²) in [6, 6.07) is 6.36. The molecule has 4 N–H and O–H groups in total. The summed E-state index contributed by atoms with van der Waals surface area (Å²) < 4.78 is 6.08. The van der Waals surface area contributed by atoms with Gasteiger partial charge in [0.05, 0.1) is 24.2 Å². The first kappa shape index (κ1) is 22.4. The number of thiazole rings is 1. The lowest BCUT2D eigenvalue weighted by Gasteiger charge is -2.42. The number of nitrogens with zero attached hydrogens (tertiary/aromatic N) is 4. The lowest BCUT2D eigenvalue weighted by Crippen LogP contribution is -2.58. The molecule has 4 rings (SSSR count). The van der Waals surface area contributed by atoms with Gasteiger partial charge in [0.15, 0.2) is 10.8 Å². The predicted octanol–water partition coefficient (Wildman–Crippen LogP) is 2.55. The molecule has 0 radical (unpaired) electrons. The van der Waals surface area contributed by atoms with E-state index in [0.717, 1.165) is 38.9 Å². The van der Waals surface area contributed by atoms with Gasteiger partial charge < -0.3 is 21.1 Å². The predicted molar refractivity (Wildman–Crippen MR) is 129 cm³/mol. The Morgan fingerprint density at radius 3 is 2.78 bits per heavy atom. The number of hydrogen-bond donors (Lipinski definition) is 2. The Morgan fingerprint density at radius 1 is 1.38 bits per heavy atom. The van der Waals surface area contributed by atoms with E-state index in [1.165, 1.54) is 6.34 Å². The van der Waals surface area contributed by atoms with Gasteiger partial charge in [-0.15, -0.1) is 11.3 Å². The number of benzene rings is 1. The number of carbonyl (C=O) groups is 1. The van der Waals surface area contributed by atoms with Gasteiger partial charge in [0.2, 0.25) is 5.91 Å². The number of rotatable bonds is 4. The van der Waals surface area contributed by atoms with E-state index in [-0.39, 0.29) is 17.9 Å². The van der Waals surface area contributed by atoms with Crippen LogP contribution in [0.2, 0.25) is 0 Å². The van der Waals surface area contributed by atoms with Crippen molar-refractivity contribution >= 4 is 29.4 Å². The van der Waals surface area contributed by atoms with Crippen LogP contribution in [0.25, 0.3) is 11.3 Å². The van der Waals surface area contributed by atoms with E-state index in [4.69, 9.17) is 21.2 Å². The minimum absolute atomic E-state index is 0.0154. The summed E-state index contributed by atoms with van der Waals surface area (Å²) in [4.78, 5) is 29.0. The van der Waals surface area contributed by atoms with E-state index < -0.39 is 5.54 Å². The molecule has 3 heterocycles. The molecule has 9 heteroatoms. The maximum absolute atomic E-state index is 12.4. The van der Waals surface area contributed by atoms with Crippen molar-refractivity contribution in [3.05, 3.63) is 33.6 Å². The van der Waals surface area contributed by atoms with Gasteiger partial charge in [0.25, 0.3) is 0 Å². The summed E-state index contributed by atoms with van der Waals surface area (Å²) >= 11 is 1.59. The van der Waals surface area contributed by atoms with Crippen LogP contribution in [0, 0.1) is 0 Å². The Morgan fingerprint density at radius 2 is 2.12 bits per heavy atom. The van der Waals surface area contributed by atoms with E-state index in [9.17, 15) is 4.79 Å². The Kier molecular flexibility index (Phi) is 6.05. The summed E-state index contributed by atoms with van der Waals surface area (Å²) in [5.74, 6) is 1.65. The number of aromatic nitrogens is 1. The van der Waals surface area contributed by atoms with Crippen LogP contribution in [-0.4, -0.2) is 59.2 Å². The fraction of sp³-hybridized carbons (Fsp3) is 0.478. The van der Waals surface area contributed by atoms with Gasteiger partial charge in [-0.2, -0.15) is 0 Å². The number of amidine groups is 1. The third-order valence-corrected chi connectivity index (χ3v) is 6.62. The van der Waals surface area contributed by atoms with E-state index >= 15 is 0 Å². The Hall–Kier alpha value is -2.78. The van der Waals surface area contributed by atoms with Crippen molar-refractivity contribution in [3.63, 3.8) is 0 Å². The summed E-state index contributed by atoms with van der Waals surface area (Å²) in [6.07, 6.45) is 2.03. The van der Waals surface area contributed by atoms with E-state index in [1.54, 1.807) is 25.2 Å². The second-order valence-corrected chi connectivity index (χ2v) is 10.2. The zero-order valence-corrected chi connectivity index (χ0v) is 19.8. The van der Waals surface area contributed by atoms with Gasteiger partial charge in [0.1, 0.15) is 5.75 Å². The Balaban J connectivity index is 1.60. The summed E-state index contributed by atoms with van der Waals surface area (Å²) in [5, 5.41) is 0.764. The van der Waals surface area contributed by atoms with Crippen LogP contribution in [-0.2, 0) is 11.2 Å². The lowest BCUT2D eigenvalue weighted by molar-refractivity contribution is -0.140. The number of carbonyl (C=O) groups excluding carboxylic acids is 1. The molecule has 0 bridgehead atoms. The van der Waals surface area contributed by atoms with Crippen LogP contribution < -0.4 is 16.2 Å². The van der Waals surface area contributed by atoms with Crippen LogP contribution in [0.5, 0.6) is 5.75 Å². The second kappa shape index (κ2) is 8.63. The molecule has 0 saturated carbocycles. The van der Waals surface area contributed by atoms with Crippen LogP contribution in [0.4, 0.5) is 0 Å². The number of ether oxygens (including phenoxy) is 1. The number of amides is 1. The highest BCUT2D eigenvalue weighted by molar-refractivity contribution is 7.14. The summed E-state index contributed by atoms with van der Waals surface area (Å²) in [5.41, 5.74) is 13.7. The van der Waals surface area contributed by atoms with E-state index in [0.29, 0.717) is 25.5 Å². The normalized spacial score (nSPS) is 17.1. The second-order valence-electron chi connectivity index (χ2n) is 9.10. The molecule has 1 saturated heterocycles. The van der Waals surface area contributed by atoms with Crippen molar-refractivity contribution in [1.82, 2.24) is 9.88 Å². The van der Waals surface area contributed by atoms with E-state index in [1.807, 2.05) is 18.7 Å². The molecule has 2 aromatic rings. The Bertz CT molecular complexity index is 1080. The van der Waals surface area contributed by atoms with Crippen molar-refractivity contribution < 1.29 is 9.53 Å². The third-order valence-electron chi connectivity index (χ3n) is 5.50. The minimum atomic E-state index is -0.841. The molecule has 0 aliphatic carbocycles. The summed E-state index contributed by atoms with van der Waals surface area (Å²) in [7, 11) is 0. The van der Waals surface area contributed by atoms with Gasteiger partial charge in [-0.05, 0) is 45.4 Å². The maximum atomic E-state index is 12.4. The molecule has 170 valence electrons. The minimum Gasteiger partial charge on any atom is -0.492 e. The standard InChI is InChI=1S/C23H30N6O2S/c1-13(2)27-20(26-12-24)21-28-19-16-6-5-14(9-17(16)31-8-7-18(19)32-21)15-10-29(11-15)22(30)23(3,4)25/h5-6,9,12-13,15H,7-8,10-11,25H2,1-4H3,(H2,24,26,27). The number of likely N-dealkylation sites (tertiary alicyclic amines) is 1. The first-order chi connectivity index (χ1) is 15.2. The summed E-state index contributed by atoms with van der Waals surface area (Å²) in [6.45, 7) is 9.42. The lowest BCUT2D eigenvalue weighted by atomic mass is 9.88. The molecule has 32 heavy (non-hydrogen) atoms.